The number of benzene rings is 3. The van der Waals surface area contributed by atoms with Crippen LogP contribution in [0.1, 0.15) is 11.1 Å². The topological polar surface area (TPSA) is 40.5 Å². The SMILES string of the molecule is COc1cccc(Cn2c(=O)ccc3cccc(OCc4ccccc4)c32)c1. The first kappa shape index (κ1) is 17.9. The highest BCUT2D eigenvalue weighted by Gasteiger charge is 2.10. The molecule has 4 aromatic rings. The molecule has 0 aliphatic rings. The highest BCUT2D eigenvalue weighted by molar-refractivity contribution is 5.85. The maximum absolute atomic E-state index is 12.7. The molecular formula is C24H21NO3. The van der Waals surface area contributed by atoms with Crippen molar-refractivity contribution in [2.45, 2.75) is 13.2 Å². The molecule has 140 valence electrons. The molecule has 0 saturated heterocycles. The van der Waals surface area contributed by atoms with E-state index in [2.05, 4.69) is 0 Å². The van der Waals surface area contributed by atoms with Crippen molar-refractivity contribution < 1.29 is 9.47 Å². The summed E-state index contributed by atoms with van der Waals surface area (Å²) in [7, 11) is 1.64. The van der Waals surface area contributed by atoms with Gasteiger partial charge in [0.25, 0.3) is 5.56 Å². The van der Waals surface area contributed by atoms with E-state index >= 15 is 0 Å². The van der Waals surface area contributed by atoms with E-state index in [1.807, 2.05) is 78.9 Å². The van der Waals surface area contributed by atoms with Crippen LogP contribution in [0, 0.1) is 0 Å². The van der Waals surface area contributed by atoms with Crippen LogP contribution in [0.2, 0.25) is 0 Å². The van der Waals surface area contributed by atoms with E-state index in [0.717, 1.165) is 27.8 Å². The van der Waals surface area contributed by atoms with Gasteiger partial charge in [-0.2, -0.15) is 0 Å². The van der Waals surface area contributed by atoms with Crippen molar-refractivity contribution in [2.75, 3.05) is 7.11 Å². The molecular weight excluding hydrogens is 350 g/mol. The summed E-state index contributed by atoms with van der Waals surface area (Å²) in [6.45, 7) is 0.890. The third kappa shape index (κ3) is 3.76. The van der Waals surface area contributed by atoms with Crippen molar-refractivity contribution in [1.82, 2.24) is 4.57 Å². The lowest BCUT2D eigenvalue weighted by molar-refractivity contribution is 0.308. The Kier molecular flexibility index (Phi) is 5.11. The molecule has 0 atom stereocenters. The van der Waals surface area contributed by atoms with E-state index in [1.165, 1.54) is 0 Å². The van der Waals surface area contributed by atoms with E-state index in [0.29, 0.717) is 18.9 Å². The first-order valence-electron chi connectivity index (χ1n) is 9.17. The minimum absolute atomic E-state index is 0.0638. The number of ether oxygens (including phenoxy) is 2. The van der Waals surface area contributed by atoms with Gasteiger partial charge in [0.1, 0.15) is 18.1 Å². The molecule has 0 saturated carbocycles. The van der Waals surface area contributed by atoms with E-state index in [9.17, 15) is 4.79 Å². The first-order valence-corrected chi connectivity index (χ1v) is 9.17. The van der Waals surface area contributed by atoms with Gasteiger partial charge in [-0.1, -0.05) is 54.6 Å². The fourth-order valence-electron chi connectivity index (χ4n) is 3.29. The molecule has 0 unspecified atom stereocenters. The smallest absolute Gasteiger partial charge is 0.251 e. The van der Waals surface area contributed by atoms with Crippen LogP contribution in [0.25, 0.3) is 10.9 Å². The predicted molar refractivity (Wildman–Crippen MR) is 111 cm³/mol. The summed E-state index contributed by atoms with van der Waals surface area (Å²) in [6, 6.07) is 27.0. The van der Waals surface area contributed by atoms with Gasteiger partial charge in [-0.3, -0.25) is 4.79 Å². The number of fused-ring (bicyclic) bond motifs is 1. The summed E-state index contributed by atoms with van der Waals surface area (Å²) >= 11 is 0. The molecule has 0 spiro atoms. The van der Waals surface area contributed by atoms with Gasteiger partial charge in [0.2, 0.25) is 0 Å². The Labute approximate surface area is 163 Å². The van der Waals surface area contributed by atoms with Gasteiger partial charge in [0.05, 0.1) is 19.2 Å². The van der Waals surface area contributed by atoms with Gasteiger partial charge in [0.15, 0.2) is 0 Å². The second kappa shape index (κ2) is 8.01. The van der Waals surface area contributed by atoms with Crippen LogP contribution in [0.15, 0.2) is 89.7 Å². The minimum atomic E-state index is -0.0638. The van der Waals surface area contributed by atoms with E-state index in [4.69, 9.17) is 9.47 Å². The standard InChI is InChI=1S/C24H21NO3/c1-27-21-11-5-9-19(15-21)16-25-23(26)14-13-20-10-6-12-22(24(20)25)28-17-18-7-3-2-4-8-18/h2-15H,16-17H2,1H3. The molecule has 0 N–H and O–H groups in total. The zero-order valence-electron chi connectivity index (χ0n) is 15.7. The van der Waals surface area contributed by atoms with Crippen LogP contribution in [0.4, 0.5) is 0 Å². The Balaban J connectivity index is 1.74. The Bertz CT molecular complexity index is 1150. The summed E-state index contributed by atoms with van der Waals surface area (Å²) in [6.07, 6.45) is 0. The van der Waals surface area contributed by atoms with Crippen molar-refractivity contribution in [2.24, 2.45) is 0 Å². The van der Waals surface area contributed by atoms with Crippen molar-refractivity contribution >= 4 is 10.9 Å². The van der Waals surface area contributed by atoms with Gasteiger partial charge < -0.3 is 14.0 Å². The predicted octanol–water partition coefficient (Wildman–Crippen LogP) is 4.64. The van der Waals surface area contributed by atoms with Gasteiger partial charge in [-0.05, 0) is 35.4 Å². The molecule has 1 aromatic heterocycles. The Hall–Kier alpha value is -3.53. The van der Waals surface area contributed by atoms with Gasteiger partial charge in [-0.25, -0.2) is 0 Å². The average Bonchev–Trinajstić information content (AvgIpc) is 2.75. The van der Waals surface area contributed by atoms with Crippen molar-refractivity contribution in [3.63, 3.8) is 0 Å². The van der Waals surface area contributed by atoms with Crippen LogP contribution in [0.5, 0.6) is 11.5 Å². The zero-order chi connectivity index (χ0) is 19.3. The van der Waals surface area contributed by atoms with Crippen LogP contribution < -0.4 is 15.0 Å². The van der Waals surface area contributed by atoms with Crippen LogP contribution >= 0.6 is 0 Å². The Morgan fingerprint density at radius 1 is 0.821 bits per heavy atom. The van der Waals surface area contributed by atoms with Crippen molar-refractivity contribution in [3.8, 4) is 11.5 Å². The largest absolute Gasteiger partial charge is 0.497 e. The maximum atomic E-state index is 12.7. The van der Waals surface area contributed by atoms with E-state index in [-0.39, 0.29) is 5.56 Å². The molecule has 4 rings (SSSR count). The second-order valence-electron chi connectivity index (χ2n) is 6.58. The van der Waals surface area contributed by atoms with E-state index in [1.54, 1.807) is 17.7 Å². The molecule has 0 fully saturated rings. The zero-order valence-corrected chi connectivity index (χ0v) is 15.7. The Morgan fingerprint density at radius 3 is 2.43 bits per heavy atom. The molecule has 1 heterocycles. The fourth-order valence-corrected chi connectivity index (χ4v) is 3.29. The lowest BCUT2D eigenvalue weighted by Crippen LogP contribution is -2.20. The van der Waals surface area contributed by atoms with Crippen LogP contribution in [-0.4, -0.2) is 11.7 Å². The number of hydrogen-bond acceptors (Lipinski definition) is 3. The summed E-state index contributed by atoms with van der Waals surface area (Å²) < 4.78 is 13.2. The number of rotatable bonds is 6. The lowest BCUT2D eigenvalue weighted by atomic mass is 10.1. The fraction of sp³-hybridized carbons (Fsp3) is 0.125. The van der Waals surface area contributed by atoms with Crippen molar-refractivity contribution in [1.29, 1.82) is 0 Å². The molecule has 0 radical (unpaired) electrons. The second-order valence-corrected chi connectivity index (χ2v) is 6.58. The molecule has 0 aliphatic carbocycles. The molecule has 0 aliphatic heterocycles. The molecule has 4 nitrogen and oxygen atoms in total. The number of hydrogen-bond donors (Lipinski definition) is 0. The summed E-state index contributed by atoms with van der Waals surface area (Å²) in [5, 5.41) is 0.966. The highest BCUT2D eigenvalue weighted by Crippen LogP contribution is 2.26. The quantitative estimate of drug-likeness (QED) is 0.496. The molecule has 4 heteroatoms. The van der Waals surface area contributed by atoms with Crippen LogP contribution in [0.3, 0.4) is 0 Å². The van der Waals surface area contributed by atoms with Gasteiger partial charge >= 0.3 is 0 Å². The lowest BCUT2D eigenvalue weighted by Gasteiger charge is -2.15. The summed E-state index contributed by atoms with van der Waals surface area (Å²) in [5.41, 5.74) is 2.81. The van der Waals surface area contributed by atoms with E-state index < -0.39 is 0 Å². The van der Waals surface area contributed by atoms with Gasteiger partial charge in [-0.15, -0.1) is 0 Å². The monoisotopic (exact) mass is 371 g/mol. The molecule has 0 bridgehead atoms. The van der Waals surface area contributed by atoms with Crippen molar-refractivity contribution in [3.05, 3.63) is 106 Å². The minimum Gasteiger partial charge on any atom is -0.497 e. The number of aromatic nitrogens is 1. The molecule has 3 aromatic carbocycles. The van der Waals surface area contributed by atoms with Gasteiger partial charge in [0, 0.05) is 11.5 Å². The summed E-state index contributed by atoms with van der Waals surface area (Å²) in [5.74, 6) is 1.47. The van der Waals surface area contributed by atoms with Crippen LogP contribution in [-0.2, 0) is 13.2 Å². The summed E-state index contributed by atoms with van der Waals surface area (Å²) in [4.78, 5) is 12.7. The average molecular weight is 371 g/mol. The Morgan fingerprint density at radius 2 is 1.61 bits per heavy atom. The number of methoxy groups -OCH3 is 1. The number of para-hydroxylation sites is 1. The maximum Gasteiger partial charge on any atom is 0.251 e. The third-order valence-corrected chi connectivity index (χ3v) is 4.68. The number of pyridine rings is 1. The number of nitrogens with zero attached hydrogens (tertiary/aromatic N) is 1. The first-order chi connectivity index (χ1) is 13.7. The third-order valence-electron chi connectivity index (χ3n) is 4.68. The molecule has 0 amide bonds. The molecule has 28 heavy (non-hydrogen) atoms. The highest BCUT2D eigenvalue weighted by atomic mass is 16.5. The normalized spacial score (nSPS) is 10.8.